The molecule has 2 heterocycles. The topological polar surface area (TPSA) is 102 Å². The van der Waals surface area contributed by atoms with Crippen LogP contribution in [0.15, 0.2) is 113 Å². The Kier molecular flexibility index (Phi) is 8.19. The summed E-state index contributed by atoms with van der Waals surface area (Å²) in [7, 11) is 0. The summed E-state index contributed by atoms with van der Waals surface area (Å²) in [5.74, 6) is 0.300. The Labute approximate surface area is 252 Å². The van der Waals surface area contributed by atoms with Crippen molar-refractivity contribution in [3.63, 3.8) is 0 Å². The Morgan fingerprint density at radius 2 is 1.53 bits per heavy atom. The minimum Gasteiger partial charge on any atom is -0.368 e. The maximum absolute atomic E-state index is 13.8. The molecule has 1 amide bonds. The van der Waals surface area contributed by atoms with E-state index in [0.29, 0.717) is 47.0 Å². The second-order valence-electron chi connectivity index (χ2n) is 10.3. The van der Waals surface area contributed by atoms with Crippen molar-refractivity contribution in [3.8, 4) is 0 Å². The summed E-state index contributed by atoms with van der Waals surface area (Å²) in [5.41, 5.74) is 3.59. The summed E-state index contributed by atoms with van der Waals surface area (Å²) >= 11 is 1.34. The van der Waals surface area contributed by atoms with Crippen LogP contribution in [-0.2, 0) is 12.3 Å². The number of benzene rings is 4. The average Bonchev–Trinajstić information content (AvgIpc) is 3.06. The van der Waals surface area contributed by atoms with Crippen molar-refractivity contribution in [2.24, 2.45) is 0 Å². The molecule has 1 aliphatic rings. The van der Waals surface area contributed by atoms with E-state index in [0.717, 1.165) is 29.9 Å². The number of nitro groups is 1. The highest BCUT2D eigenvalue weighted by Crippen LogP contribution is 2.26. The normalized spacial score (nSPS) is 13.3. The van der Waals surface area contributed by atoms with Gasteiger partial charge in [0.15, 0.2) is 5.16 Å². The number of hydrogen-bond donors (Lipinski definition) is 0. The molecule has 0 saturated carbocycles. The van der Waals surface area contributed by atoms with Gasteiger partial charge in [0.25, 0.3) is 17.2 Å². The van der Waals surface area contributed by atoms with E-state index in [-0.39, 0.29) is 17.2 Å². The first kappa shape index (κ1) is 28.2. The quantitative estimate of drug-likeness (QED) is 0.100. The van der Waals surface area contributed by atoms with Crippen molar-refractivity contribution < 1.29 is 9.72 Å². The van der Waals surface area contributed by atoms with Gasteiger partial charge >= 0.3 is 0 Å². The zero-order valence-electron chi connectivity index (χ0n) is 23.3. The summed E-state index contributed by atoms with van der Waals surface area (Å²) in [6.45, 7) is 3.01. The molecular weight excluding hydrogens is 562 g/mol. The number of nitrogens with zero attached hydrogens (tertiary/aromatic N) is 5. The fourth-order valence-corrected chi connectivity index (χ4v) is 6.19. The van der Waals surface area contributed by atoms with Gasteiger partial charge < -0.3 is 9.80 Å². The predicted octanol–water partition coefficient (Wildman–Crippen LogP) is 5.61. The monoisotopic (exact) mass is 591 g/mol. The summed E-state index contributed by atoms with van der Waals surface area (Å²) in [6.07, 6.45) is 0. The molecule has 1 fully saturated rings. The van der Waals surface area contributed by atoms with Crippen molar-refractivity contribution in [1.29, 1.82) is 0 Å². The van der Waals surface area contributed by atoms with Crippen LogP contribution < -0.4 is 10.5 Å². The van der Waals surface area contributed by atoms with E-state index < -0.39 is 4.92 Å². The molecule has 0 radical (unpaired) electrons. The van der Waals surface area contributed by atoms with E-state index in [1.54, 1.807) is 28.8 Å². The highest BCUT2D eigenvalue weighted by Gasteiger charge is 2.23. The van der Waals surface area contributed by atoms with Crippen LogP contribution in [0.4, 0.5) is 11.4 Å². The first-order chi connectivity index (χ1) is 21.0. The minimum atomic E-state index is -0.423. The van der Waals surface area contributed by atoms with Gasteiger partial charge in [-0.3, -0.25) is 24.3 Å². The number of carbonyl (C=O) groups is 1. The smallest absolute Gasteiger partial charge is 0.269 e. The number of thioether (sulfide) groups is 1. The fourth-order valence-electron chi connectivity index (χ4n) is 5.25. The van der Waals surface area contributed by atoms with Crippen LogP contribution in [0.3, 0.4) is 0 Å². The third kappa shape index (κ3) is 6.29. The molecule has 1 saturated heterocycles. The van der Waals surface area contributed by atoms with E-state index in [9.17, 15) is 19.7 Å². The molecule has 1 aromatic heterocycles. The molecule has 4 aromatic carbocycles. The first-order valence-electron chi connectivity index (χ1n) is 14.0. The van der Waals surface area contributed by atoms with Gasteiger partial charge in [-0.15, -0.1) is 0 Å². The third-order valence-corrected chi connectivity index (χ3v) is 8.58. The number of fused-ring (bicyclic) bond motifs is 1. The Morgan fingerprint density at radius 3 is 2.26 bits per heavy atom. The number of aromatic nitrogens is 2. The number of para-hydroxylation sites is 1. The van der Waals surface area contributed by atoms with Crippen molar-refractivity contribution in [3.05, 3.63) is 140 Å². The zero-order valence-corrected chi connectivity index (χ0v) is 24.2. The molecule has 0 unspecified atom stereocenters. The maximum Gasteiger partial charge on any atom is 0.269 e. The molecule has 0 atom stereocenters. The first-order valence-corrected chi connectivity index (χ1v) is 15.0. The highest BCUT2D eigenvalue weighted by atomic mass is 32.2. The van der Waals surface area contributed by atoms with Gasteiger partial charge in [-0.05, 0) is 41.5 Å². The second-order valence-corrected chi connectivity index (χ2v) is 11.3. The Hall–Kier alpha value is -4.96. The number of hydrogen-bond acceptors (Lipinski definition) is 7. The number of anilines is 1. The fraction of sp³-hybridized carbons (Fsp3) is 0.182. The minimum absolute atomic E-state index is 0.0130. The van der Waals surface area contributed by atoms with Crippen LogP contribution in [0.1, 0.15) is 21.5 Å². The van der Waals surface area contributed by atoms with Gasteiger partial charge in [0.2, 0.25) is 0 Å². The Balaban J connectivity index is 1.28. The molecular formula is C33H29N5O4S. The lowest BCUT2D eigenvalue weighted by atomic mass is 10.1. The molecule has 0 bridgehead atoms. The molecule has 9 nitrogen and oxygen atoms in total. The molecule has 0 N–H and O–H groups in total. The number of nitro benzene ring substituents is 1. The molecule has 0 aliphatic carbocycles. The number of piperazine rings is 1. The van der Waals surface area contributed by atoms with Crippen LogP contribution >= 0.6 is 11.8 Å². The Morgan fingerprint density at radius 1 is 0.837 bits per heavy atom. The molecule has 0 spiro atoms. The molecule has 216 valence electrons. The number of amides is 1. The number of non-ortho nitro benzene ring substituents is 1. The lowest BCUT2D eigenvalue weighted by Crippen LogP contribution is -2.48. The van der Waals surface area contributed by atoms with Crippen molar-refractivity contribution >= 4 is 39.9 Å². The number of rotatable bonds is 8. The average molecular weight is 592 g/mol. The molecule has 6 rings (SSSR count). The van der Waals surface area contributed by atoms with E-state index >= 15 is 0 Å². The SMILES string of the molecule is O=C(c1ccc2c(=O)n(Cc3ccccc3)c(SCc3cccc([N+](=O)[O-])c3)nc2c1)N1CCN(c2ccccc2)CC1. The van der Waals surface area contributed by atoms with Gasteiger partial charge in [0.05, 0.1) is 22.4 Å². The second kappa shape index (κ2) is 12.5. The van der Waals surface area contributed by atoms with Gasteiger partial charge in [0.1, 0.15) is 0 Å². The molecule has 10 heteroatoms. The van der Waals surface area contributed by atoms with Gasteiger partial charge in [-0.25, -0.2) is 4.98 Å². The lowest BCUT2D eigenvalue weighted by molar-refractivity contribution is -0.384. The van der Waals surface area contributed by atoms with Crippen molar-refractivity contribution in [2.45, 2.75) is 17.5 Å². The van der Waals surface area contributed by atoms with E-state index in [2.05, 4.69) is 17.0 Å². The van der Waals surface area contributed by atoms with Crippen LogP contribution in [0.5, 0.6) is 0 Å². The van der Waals surface area contributed by atoms with E-state index in [1.807, 2.05) is 59.5 Å². The van der Waals surface area contributed by atoms with Crippen molar-refractivity contribution in [2.75, 3.05) is 31.1 Å². The summed E-state index contributed by atoms with van der Waals surface area (Å²) in [6, 6.07) is 31.4. The van der Waals surface area contributed by atoms with E-state index in [1.165, 1.54) is 23.9 Å². The van der Waals surface area contributed by atoms with Crippen LogP contribution in [0.2, 0.25) is 0 Å². The highest BCUT2D eigenvalue weighted by molar-refractivity contribution is 7.98. The maximum atomic E-state index is 13.8. The van der Waals surface area contributed by atoms with Crippen LogP contribution in [-0.4, -0.2) is 51.5 Å². The molecule has 1 aliphatic heterocycles. The summed E-state index contributed by atoms with van der Waals surface area (Å²) < 4.78 is 1.63. The van der Waals surface area contributed by atoms with Gasteiger partial charge in [-0.2, -0.15) is 0 Å². The number of carbonyl (C=O) groups excluding carboxylic acids is 1. The largest absolute Gasteiger partial charge is 0.368 e. The van der Waals surface area contributed by atoms with Crippen LogP contribution in [0, 0.1) is 10.1 Å². The van der Waals surface area contributed by atoms with Gasteiger partial charge in [-0.1, -0.05) is 72.4 Å². The predicted molar refractivity (Wildman–Crippen MR) is 169 cm³/mol. The lowest BCUT2D eigenvalue weighted by Gasteiger charge is -2.36. The standard InChI is InChI=1S/C33H29N5O4S/c39-31(36-18-16-35(17-19-36)27-11-5-2-6-12-27)26-14-15-29-30(21-26)34-33(37(32(29)40)22-24-8-3-1-4-9-24)43-23-25-10-7-13-28(20-25)38(41)42/h1-15,20-21H,16-19,22-23H2. The third-order valence-electron chi connectivity index (χ3n) is 7.53. The van der Waals surface area contributed by atoms with Crippen molar-refractivity contribution in [1.82, 2.24) is 14.5 Å². The molecule has 43 heavy (non-hydrogen) atoms. The summed E-state index contributed by atoms with van der Waals surface area (Å²) in [5, 5.41) is 12.2. The Bertz CT molecular complexity index is 1840. The van der Waals surface area contributed by atoms with Crippen LogP contribution in [0.25, 0.3) is 10.9 Å². The van der Waals surface area contributed by atoms with E-state index in [4.69, 9.17) is 4.98 Å². The zero-order chi connectivity index (χ0) is 29.8. The van der Waals surface area contributed by atoms with Gasteiger partial charge in [0, 0.05) is 55.3 Å². The summed E-state index contributed by atoms with van der Waals surface area (Å²) in [4.78, 5) is 47.1. The molecule has 5 aromatic rings.